The van der Waals surface area contributed by atoms with Gasteiger partial charge in [-0.05, 0) is 56.5 Å². The van der Waals surface area contributed by atoms with Gasteiger partial charge >= 0.3 is 0 Å². The normalized spacial score (nSPS) is 15.0. The van der Waals surface area contributed by atoms with Gasteiger partial charge < -0.3 is 4.90 Å². The summed E-state index contributed by atoms with van der Waals surface area (Å²) in [7, 11) is 0. The Morgan fingerprint density at radius 1 is 1.04 bits per heavy atom. The smallest absolute Gasteiger partial charge is 0.256 e. The first kappa shape index (κ1) is 18.4. The number of likely N-dealkylation sites (tertiary alicyclic amines) is 1. The van der Waals surface area contributed by atoms with Gasteiger partial charge in [-0.2, -0.15) is 5.10 Å². The molecule has 0 atom stereocenters. The summed E-state index contributed by atoms with van der Waals surface area (Å²) in [6, 6.07) is 16.6. The van der Waals surface area contributed by atoms with Gasteiger partial charge in [-0.25, -0.2) is 9.07 Å². The Hall–Kier alpha value is -2.95. The maximum atomic E-state index is 14.0. The zero-order valence-electron chi connectivity index (χ0n) is 16.2. The van der Waals surface area contributed by atoms with Crippen molar-refractivity contribution >= 4 is 5.91 Å². The average molecular weight is 377 g/mol. The fraction of sp³-hybridized carbons (Fsp3) is 0.304. The average Bonchev–Trinajstić information content (AvgIpc) is 3.10. The number of amides is 1. The molecule has 4 rings (SSSR count). The number of hydrogen-bond acceptors (Lipinski definition) is 2. The SMILES string of the molecule is Cc1cc(C2CCN(C(=O)c3ccccc3F)CC2)n(-c2ccccc2C)n1. The minimum Gasteiger partial charge on any atom is -0.339 e. The second-order valence-corrected chi connectivity index (χ2v) is 7.46. The minimum atomic E-state index is -0.456. The highest BCUT2D eigenvalue weighted by Crippen LogP contribution is 2.31. The van der Waals surface area contributed by atoms with Crippen molar-refractivity contribution in [3.8, 4) is 5.69 Å². The number of para-hydroxylation sites is 1. The van der Waals surface area contributed by atoms with Gasteiger partial charge in [0.05, 0.1) is 16.9 Å². The van der Waals surface area contributed by atoms with Crippen molar-refractivity contribution in [2.24, 2.45) is 0 Å². The van der Waals surface area contributed by atoms with Crippen LogP contribution in [0.3, 0.4) is 0 Å². The van der Waals surface area contributed by atoms with E-state index in [0.29, 0.717) is 19.0 Å². The number of rotatable bonds is 3. The molecule has 0 aliphatic carbocycles. The Labute approximate surface area is 164 Å². The first-order valence-electron chi connectivity index (χ1n) is 9.71. The molecule has 1 saturated heterocycles. The van der Waals surface area contributed by atoms with Crippen LogP contribution in [0.25, 0.3) is 5.69 Å². The molecule has 1 aromatic heterocycles. The van der Waals surface area contributed by atoms with Gasteiger partial charge in [0.25, 0.3) is 5.91 Å². The molecular formula is C23H24FN3O. The van der Waals surface area contributed by atoms with Crippen molar-refractivity contribution < 1.29 is 9.18 Å². The lowest BCUT2D eigenvalue weighted by molar-refractivity contribution is 0.0707. The summed E-state index contributed by atoms with van der Waals surface area (Å²) in [5, 5.41) is 4.72. The number of carbonyl (C=O) groups is 1. The van der Waals surface area contributed by atoms with Crippen LogP contribution < -0.4 is 0 Å². The van der Waals surface area contributed by atoms with E-state index < -0.39 is 5.82 Å². The van der Waals surface area contributed by atoms with Crippen LogP contribution in [0.1, 0.15) is 46.1 Å². The molecule has 3 aromatic rings. The molecule has 28 heavy (non-hydrogen) atoms. The van der Waals surface area contributed by atoms with Crippen molar-refractivity contribution in [1.82, 2.24) is 14.7 Å². The zero-order chi connectivity index (χ0) is 19.7. The highest BCUT2D eigenvalue weighted by Gasteiger charge is 2.28. The molecule has 0 spiro atoms. The second kappa shape index (κ2) is 7.58. The Morgan fingerprint density at radius 3 is 2.43 bits per heavy atom. The molecule has 0 bridgehead atoms. The van der Waals surface area contributed by atoms with Crippen molar-refractivity contribution in [2.75, 3.05) is 13.1 Å². The van der Waals surface area contributed by atoms with Crippen LogP contribution in [0.2, 0.25) is 0 Å². The number of benzene rings is 2. The summed E-state index contributed by atoms with van der Waals surface area (Å²) < 4.78 is 16.0. The molecule has 0 saturated carbocycles. The van der Waals surface area contributed by atoms with E-state index in [9.17, 15) is 9.18 Å². The summed E-state index contributed by atoms with van der Waals surface area (Å²) in [4.78, 5) is 14.4. The lowest BCUT2D eigenvalue weighted by atomic mass is 9.92. The van der Waals surface area contributed by atoms with Gasteiger partial charge in [0, 0.05) is 24.7 Å². The van der Waals surface area contributed by atoms with Crippen molar-refractivity contribution in [3.63, 3.8) is 0 Å². The van der Waals surface area contributed by atoms with Crippen molar-refractivity contribution in [1.29, 1.82) is 0 Å². The molecule has 1 aliphatic rings. The Morgan fingerprint density at radius 2 is 1.71 bits per heavy atom. The molecule has 0 N–H and O–H groups in total. The number of halogens is 1. The molecule has 1 aliphatic heterocycles. The third-order valence-electron chi connectivity index (χ3n) is 5.51. The summed E-state index contributed by atoms with van der Waals surface area (Å²) in [5.41, 5.74) is 4.60. The van der Waals surface area contributed by atoms with Crippen LogP contribution in [-0.4, -0.2) is 33.7 Å². The number of carbonyl (C=O) groups excluding carboxylic acids is 1. The highest BCUT2D eigenvalue weighted by atomic mass is 19.1. The van der Waals surface area contributed by atoms with E-state index in [1.807, 2.05) is 23.7 Å². The predicted octanol–water partition coefficient (Wildman–Crippen LogP) is 4.65. The first-order chi connectivity index (χ1) is 13.5. The molecule has 5 heteroatoms. The number of aromatic nitrogens is 2. The van der Waals surface area contributed by atoms with E-state index in [2.05, 4.69) is 25.1 Å². The molecule has 0 radical (unpaired) electrons. The molecule has 1 fully saturated rings. The van der Waals surface area contributed by atoms with Gasteiger partial charge in [-0.1, -0.05) is 30.3 Å². The lowest BCUT2D eigenvalue weighted by Crippen LogP contribution is -2.38. The quantitative estimate of drug-likeness (QED) is 0.666. The van der Waals surface area contributed by atoms with Gasteiger partial charge in [0.2, 0.25) is 0 Å². The Balaban J connectivity index is 1.53. The molecule has 144 valence electrons. The maximum Gasteiger partial charge on any atom is 0.256 e. The highest BCUT2D eigenvalue weighted by molar-refractivity contribution is 5.94. The van der Waals surface area contributed by atoms with Crippen LogP contribution in [0, 0.1) is 19.7 Å². The van der Waals surface area contributed by atoms with Crippen LogP contribution >= 0.6 is 0 Å². The predicted molar refractivity (Wildman–Crippen MR) is 107 cm³/mol. The van der Waals surface area contributed by atoms with Gasteiger partial charge in [-0.15, -0.1) is 0 Å². The molecule has 4 nitrogen and oxygen atoms in total. The summed E-state index contributed by atoms with van der Waals surface area (Å²) >= 11 is 0. The van der Waals surface area contributed by atoms with Crippen LogP contribution in [0.4, 0.5) is 4.39 Å². The first-order valence-corrected chi connectivity index (χ1v) is 9.71. The molecule has 1 amide bonds. The third-order valence-corrected chi connectivity index (χ3v) is 5.51. The van der Waals surface area contributed by atoms with E-state index >= 15 is 0 Å². The summed E-state index contributed by atoms with van der Waals surface area (Å²) in [5.74, 6) is -0.353. The fourth-order valence-electron chi connectivity index (χ4n) is 3.99. The number of nitrogens with zero attached hydrogens (tertiary/aromatic N) is 3. The number of aryl methyl sites for hydroxylation is 2. The van der Waals surface area contributed by atoms with E-state index in [-0.39, 0.29) is 11.5 Å². The van der Waals surface area contributed by atoms with Crippen molar-refractivity contribution in [3.05, 3.63) is 82.9 Å². The molecule has 2 heterocycles. The van der Waals surface area contributed by atoms with Gasteiger partial charge in [0.15, 0.2) is 0 Å². The van der Waals surface area contributed by atoms with Gasteiger partial charge in [-0.3, -0.25) is 4.79 Å². The summed E-state index contributed by atoms with van der Waals surface area (Å²) in [6.07, 6.45) is 1.69. The molecule has 2 aromatic carbocycles. The van der Waals surface area contributed by atoms with E-state index in [4.69, 9.17) is 5.10 Å². The Bertz CT molecular complexity index is 1000. The lowest BCUT2D eigenvalue weighted by Gasteiger charge is -2.32. The largest absolute Gasteiger partial charge is 0.339 e. The Kier molecular flexibility index (Phi) is 4.99. The van der Waals surface area contributed by atoms with Crippen LogP contribution in [0.5, 0.6) is 0 Å². The second-order valence-electron chi connectivity index (χ2n) is 7.46. The van der Waals surface area contributed by atoms with Crippen LogP contribution in [0.15, 0.2) is 54.6 Å². The molecular weight excluding hydrogens is 353 g/mol. The maximum absolute atomic E-state index is 14.0. The van der Waals surface area contributed by atoms with Gasteiger partial charge in [0.1, 0.15) is 5.82 Å². The van der Waals surface area contributed by atoms with Crippen LogP contribution in [-0.2, 0) is 0 Å². The summed E-state index contributed by atoms with van der Waals surface area (Å²) in [6.45, 7) is 5.34. The topological polar surface area (TPSA) is 38.1 Å². The molecule has 0 unspecified atom stereocenters. The fourth-order valence-corrected chi connectivity index (χ4v) is 3.99. The van der Waals surface area contributed by atoms with E-state index in [1.54, 1.807) is 23.1 Å². The minimum absolute atomic E-state index is 0.154. The van der Waals surface area contributed by atoms with E-state index in [1.165, 1.54) is 17.3 Å². The third kappa shape index (κ3) is 3.44. The van der Waals surface area contributed by atoms with E-state index in [0.717, 1.165) is 24.2 Å². The number of hydrogen-bond donors (Lipinski definition) is 0. The van der Waals surface area contributed by atoms with Crippen molar-refractivity contribution in [2.45, 2.75) is 32.6 Å². The monoisotopic (exact) mass is 377 g/mol. The zero-order valence-corrected chi connectivity index (χ0v) is 16.2. The standard InChI is InChI=1S/C23H24FN3O/c1-16-7-3-6-10-21(16)27-22(15-17(2)25-27)18-11-13-26(14-12-18)23(28)19-8-4-5-9-20(19)24/h3-10,15,18H,11-14H2,1-2H3. The number of piperidine rings is 1.